The van der Waals surface area contributed by atoms with E-state index in [1.165, 1.54) is 38.8 Å². The lowest BCUT2D eigenvalue weighted by molar-refractivity contribution is 0.0372. The van der Waals surface area contributed by atoms with Crippen LogP contribution in [0.2, 0.25) is 0 Å². The molecule has 0 amide bonds. The van der Waals surface area contributed by atoms with E-state index in [9.17, 15) is 0 Å². The average Bonchev–Trinajstić information content (AvgIpc) is 2.35. The van der Waals surface area contributed by atoms with E-state index in [2.05, 4.69) is 24.1 Å². The maximum absolute atomic E-state index is 5.33. The first-order valence-corrected chi connectivity index (χ1v) is 6.90. The molecule has 3 nitrogen and oxygen atoms in total. The van der Waals surface area contributed by atoms with Crippen molar-refractivity contribution in [1.29, 1.82) is 0 Å². The van der Waals surface area contributed by atoms with Crippen LogP contribution in [0.5, 0.6) is 0 Å². The molecule has 0 unspecified atom stereocenters. The van der Waals surface area contributed by atoms with Crippen molar-refractivity contribution in [3.8, 4) is 0 Å². The summed E-state index contributed by atoms with van der Waals surface area (Å²) in [6.07, 6.45) is 5.11. The van der Waals surface area contributed by atoms with E-state index in [0.717, 1.165) is 32.3 Å². The van der Waals surface area contributed by atoms with Gasteiger partial charge in [-0.05, 0) is 38.8 Å². The molecule has 16 heavy (non-hydrogen) atoms. The number of ether oxygens (including phenoxy) is 1. The minimum Gasteiger partial charge on any atom is -0.379 e. The van der Waals surface area contributed by atoms with Gasteiger partial charge in [-0.2, -0.15) is 0 Å². The van der Waals surface area contributed by atoms with Crippen LogP contribution in [0.1, 0.15) is 39.5 Å². The molecule has 1 heterocycles. The van der Waals surface area contributed by atoms with Crippen LogP contribution in [0.4, 0.5) is 0 Å². The van der Waals surface area contributed by atoms with Crippen molar-refractivity contribution in [2.45, 2.75) is 45.6 Å². The summed E-state index contributed by atoms with van der Waals surface area (Å²) in [7, 11) is 0. The third-order valence-electron chi connectivity index (χ3n) is 3.42. The van der Waals surface area contributed by atoms with Crippen molar-refractivity contribution in [3.05, 3.63) is 0 Å². The summed E-state index contributed by atoms with van der Waals surface area (Å²) in [5.74, 6) is 0. The predicted molar refractivity (Wildman–Crippen MR) is 68.9 cm³/mol. The van der Waals surface area contributed by atoms with Crippen molar-refractivity contribution in [3.63, 3.8) is 0 Å². The molecule has 1 N–H and O–H groups in total. The zero-order valence-corrected chi connectivity index (χ0v) is 11.0. The highest BCUT2D eigenvalue weighted by molar-refractivity contribution is 4.64. The maximum atomic E-state index is 5.33. The van der Waals surface area contributed by atoms with Crippen molar-refractivity contribution < 1.29 is 4.74 Å². The number of hydrogen-bond donors (Lipinski definition) is 1. The second kappa shape index (κ2) is 8.97. The van der Waals surface area contributed by atoms with E-state index in [1.807, 2.05) is 0 Å². The molecule has 1 fully saturated rings. The Bertz CT molecular complexity index is 154. The van der Waals surface area contributed by atoms with Gasteiger partial charge in [0.2, 0.25) is 0 Å². The molecule has 0 aromatic carbocycles. The molecule has 0 atom stereocenters. The van der Waals surface area contributed by atoms with Gasteiger partial charge in [0.15, 0.2) is 0 Å². The van der Waals surface area contributed by atoms with Crippen molar-refractivity contribution >= 4 is 0 Å². The van der Waals surface area contributed by atoms with E-state index in [0.29, 0.717) is 0 Å². The third kappa shape index (κ3) is 5.83. The molecule has 0 spiro atoms. The molecular weight excluding hydrogens is 200 g/mol. The van der Waals surface area contributed by atoms with E-state index in [-0.39, 0.29) is 0 Å². The Morgan fingerprint density at radius 1 is 1.12 bits per heavy atom. The van der Waals surface area contributed by atoms with Gasteiger partial charge < -0.3 is 10.1 Å². The SMILES string of the molecule is CCC(CC)NCCCCN1CCOCC1. The van der Waals surface area contributed by atoms with Gasteiger partial charge in [0.05, 0.1) is 13.2 Å². The number of rotatable bonds is 8. The molecule has 1 aliphatic heterocycles. The molecule has 0 aliphatic carbocycles. The van der Waals surface area contributed by atoms with Gasteiger partial charge in [0.25, 0.3) is 0 Å². The average molecular weight is 228 g/mol. The zero-order chi connectivity index (χ0) is 11.6. The van der Waals surface area contributed by atoms with E-state index < -0.39 is 0 Å². The molecule has 0 aromatic rings. The summed E-state index contributed by atoms with van der Waals surface area (Å²) in [5, 5.41) is 3.61. The number of nitrogens with one attached hydrogen (secondary N) is 1. The lowest BCUT2D eigenvalue weighted by atomic mass is 10.1. The molecule has 1 rings (SSSR count). The highest BCUT2D eigenvalue weighted by Gasteiger charge is 2.09. The monoisotopic (exact) mass is 228 g/mol. The van der Waals surface area contributed by atoms with Crippen LogP contribution >= 0.6 is 0 Å². The fraction of sp³-hybridized carbons (Fsp3) is 1.00. The second-order valence-electron chi connectivity index (χ2n) is 4.63. The molecule has 96 valence electrons. The van der Waals surface area contributed by atoms with Crippen LogP contribution in [0, 0.1) is 0 Å². The van der Waals surface area contributed by atoms with Gasteiger partial charge in [-0.25, -0.2) is 0 Å². The summed E-state index contributed by atoms with van der Waals surface area (Å²) < 4.78 is 5.33. The quantitative estimate of drug-likeness (QED) is 0.642. The van der Waals surface area contributed by atoms with Crippen molar-refractivity contribution in [2.75, 3.05) is 39.4 Å². The van der Waals surface area contributed by atoms with Gasteiger partial charge in [0.1, 0.15) is 0 Å². The Morgan fingerprint density at radius 2 is 1.81 bits per heavy atom. The first-order valence-electron chi connectivity index (χ1n) is 6.90. The predicted octanol–water partition coefficient (Wildman–Crippen LogP) is 1.88. The van der Waals surface area contributed by atoms with Crippen molar-refractivity contribution in [2.24, 2.45) is 0 Å². The first kappa shape index (κ1) is 13.9. The molecule has 0 bridgehead atoms. The van der Waals surface area contributed by atoms with Crippen molar-refractivity contribution in [1.82, 2.24) is 10.2 Å². The first-order chi connectivity index (χ1) is 7.86. The van der Waals surface area contributed by atoms with Crippen LogP contribution in [0.15, 0.2) is 0 Å². The number of nitrogens with zero attached hydrogens (tertiary/aromatic N) is 1. The standard InChI is InChI=1S/C13H28N2O/c1-3-13(4-2)14-7-5-6-8-15-9-11-16-12-10-15/h13-14H,3-12H2,1-2H3. The number of morpholine rings is 1. The van der Waals surface area contributed by atoms with Gasteiger partial charge in [-0.15, -0.1) is 0 Å². The Hall–Kier alpha value is -0.120. The Morgan fingerprint density at radius 3 is 2.44 bits per heavy atom. The van der Waals surface area contributed by atoms with Crippen LogP contribution in [-0.2, 0) is 4.74 Å². The van der Waals surface area contributed by atoms with Crippen LogP contribution in [-0.4, -0.2) is 50.3 Å². The largest absolute Gasteiger partial charge is 0.379 e. The summed E-state index contributed by atoms with van der Waals surface area (Å²) in [6.45, 7) is 11.0. The number of unbranched alkanes of at least 4 members (excludes halogenated alkanes) is 1. The topological polar surface area (TPSA) is 24.5 Å². The van der Waals surface area contributed by atoms with Gasteiger partial charge in [-0.3, -0.25) is 4.90 Å². The summed E-state index contributed by atoms with van der Waals surface area (Å²) in [6, 6.07) is 0.725. The van der Waals surface area contributed by atoms with E-state index in [4.69, 9.17) is 4.74 Å². The molecular formula is C13H28N2O. The maximum Gasteiger partial charge on any atom is 0.0594 e. The van der Waals surface area contributed by atoms with Crippen LogP contribution in [0.25, 0.3) is 0 Å². The van der Waals surface area contributed by atoms with Crippen LogP contribution in [0.3, 0.4) is 0 Å². The summed E-state index contributed by atoms with van der Waals surface area (Å²) >= 11 is 0. The molecule has 3 heteroatoms. The lowest BCUT2D eigenvalue weighted by Gasteiger charge is -2.26. The molecule has 1 aliphatic rings. The van der Waals surface area contributed by atoms with Gasteiger partial charge in [0, 0.05) is 19.1 Å². The molecule has 0 aromatic heterocycles. The number of hydrogen-bond acceptors (Lipinski definition) is 3. The minimum absolute atomic E-state index is 0.725. The van der Waals surface area contributed by atoms with E-state index >= 15 is 0 Å². The summed E-state index contributed by atoms with van der Waals surface area (Å²) in [5.41, 5.74) is 0. The summed E-state index contributed by atoms with van der Waals surface area (Å²) in [4.78, 5) is 2.51. The normalized spacial score (nSPS) is 18.2. The highest BCUT2D eigenvalue weighted by Crippen LogP contribution is 2.01. The van der Waals surface area contributed by atoms with Crippen LogP contribution < -0.4 is 5.32 Å². The van der Waals surface area contributed by atoms with Gasteiger partial charge >= 0.3 is 0 Å². The lowest BCUT2D eigenvalue weighted by Crippen LogP contribution is -2.37. The Kier molecular flexibility index (Phi) is 7.81. The molecule has 1 saturated heterocycles. The minimum atomic E-state index is 0.725. The fourth-order valence-electron chi connectivity index (χ4n) is 2.17. The third-order valence-corrected chi connectivity index (χ3v) is 3.42. The van der Waals surface area contributed by atoms with E-state index in [1.54, 1.807) is 0 Å². The van der Waals surface area contributed by atoms with Gasteiger partial charge in [-0.1, -0.05) is 13.8 Å². The molecule has 0 radical (unpaired) electrons. The zero-order valence-electron chi connectivity index (χ0n) is 11.0. The Labute approximate surface area is 101 Å². The highest BCUT2D eigenvalue weighted by atomic mass is 16.5. The second-order valence-corrected chi connectivity index (χ2v) is 4.63. The smallest absolute Gasteiger partial charge is 0.0594 e. The fourth-order valence-corrected chi connectivity index (χ4v) is 2.17. The molecule has 0 saturated carbocycles. The Balaban J connectivity index is 1.90.